The van der Waals surface area contributed by atoms with E-state index in [1.807, 2.05) is 0 Å². The van der Waals surface area contributed by atoms with Gasteiger partial charge in [-0.05, 0) is 31.2 Å². The molecule has 0 atom stereocenters. The van der Waals surface area contributed by atoms with Crippen molar-refractivity contribution in [2.75, 3.05) is 7.11 Å². The standard InChI is InChI=1S/C19H15ClF3N3O4/c1-10-14(18(28)29-2)7-13(30-10)8-24-17(27)15-9-25-26(16(15)19(21,22)23)12-5-3-4-11(20)6-12/h3-7,9H,8H2,1-2H3,(H,24,27). The van der Waals surface area contributed by atoms with Crippen LogP contribution in [0.4, 0.5) is 13.2 Å². The molecular formula is C19H15ClF3N3O4. The second-order valence-corrected chi connectivity index (χ2v) is 6.59. The highest BCUT2D eigenvalue weighted by atomic mass is 35.5. The van der Waals surface area contributed by atoms with E-state index in [1.165, 1.54) is 44.4 Å². The molecule has 2 heterocycles. The zero-order valence-corrected chi connectivity index (χ0v) is 16.5. The van der Waals surface area contributed by atoms with Gasteiger partial charge in [0.05, 0.1) is 31.1 Å². The smallest absolute Gasteiger partial charge is 0.434 e. The van der Waals surface area contributed by atoms with Crippen LogP contribution in [-0.4, -0.2) is 28.8 Å². The number of nitrogens with one attached hydrogen (secondary N) is 1. The van der Waals surface area contributed by atoms with Crippen LogP contribution in [0.2, 0.25) is 5.02 Å². The van der Waals surface area contributed by atoms with E-state index in [0.29, 0.717) is 4.68 Å². The van der Waals surface area contributed by atoms with E-state index in [2.05, 4.69) is 15.2 Å². The number of halogens is 4. The Kier molecular flexibility index (Phi) is 5.88. The first-order valence-electron chi connectivity index (χ1n) is 8.48. The molecule has 0 fully saturated rings. The summed E-state index contributed by atoms with van der Waals surface area (Å²) in [6, 6.07) is 7.00. The monoisotopic (exact) mass is 441 g/mol. The molecule has 11 heteroatoms. The third kappa shape index (κ3) is 4.33. The van der Waals surface area contributed by atoms with Gasteiger partial charge in [-0.2, -0.15) is 18.3 Å². The second kappa shape index (κ2) is 8.23. The molecule has 1 amide bonds. The van der Waals surface area contributed by atoms with Crippen LogP contribution in [0.5, 0.6) is 0 Å². The first-order chi connectivity index (χ1) is 14.1. The number of aryl methyl sites for hydroxylation is 1. The van der Waals surface area contributed by atoms with E-state index >= 15 is 0 Å². The van der Waals surface area contributed by atoms with E-state index in [4.69, 9.17) is 16.0 Å². The molecule has 0 saturated carbocycles. The minimum absolute atomic E-state index is 0.0539. The number of furan rings is 1. The Labute approximate surface area is 173 Å². The molecule has 1 aromatic carbocycles. The SMILES string of the molecule is COC(=O)c1cc(CNC(=O)c2cnn(-c3cccc(Cl)c3)c2C(F)(F)F)oc1C. The molecule has 0 aliphatic rings. The molecule has 0 aliphatic heterocycles. The lowest BCUT2D eigenvalue weighted by molar-refractivity contribution is -0.143. The van der Waals surface area contributed by atoms with Crippen molar-refractivity contribution >= 4 is 23.5 Å². The lowest BCUT2D eigenvalue weighted by atomic mass is 10.2. The van der Waals surface area contributed by atoms with E-state index in [1.54, 1.807) is 0 Å². The average molecular weight is 442 g/mol. The van der Waals surface area contributed by atoms with Crippen molar-refractivity contribution in [2.45, 2.75) is 19.6 Å². The normalized spacial score (nSPS) is 11.4. The van der Waals surface area contributed by atoms with Crippen LogP contribution >= 0.6 is 11.6 Å². The molecule has 0 saturated heterocycles. The van der Waals surface area contributed by atoms with Crippen LogP contribution in [0.3, 0.4) is 0 Å². The number of rotatable bonds is 5. The van der Waals surface area contributed by atoms with Crippen LogP contribution in [0, 0.1) is 6.92 Å². The minimum atomic E-state index is -4.86. The Bertz CT molecular complexity index is 1100. The Morgan fingerprint density at radius 3 is 2.63 bits per heavy atom. The Morgan fingerprint density at radius 1 is 1.27 bits per heavy atom. The molecular weight excluding hydrogens is 427 g/mol. The molecule has 0 aliphatic carbocycles. The maximum atomic E-state index is 13.7. The number of esters is 1. The van der Waals surface area contributed by atoms with Crippen molar-refractivity contribution in [2.24, 2.45) is 0 Å². The van der Waals surface area contributed by atoms with E-state index in [-0.39, 0.29) is 34.3 Å². The second-order valence-electron chi connectivity index (χ2n) is 6.15. The molecule has 2 aromatic heterocycles. The summed E-state index contributed by atoms with van der Waals surface area (Å²) in [5.41, 5.74) is -1.70. The fourth-order valence-electron chi connectivity index (χ4n) is 2.80. The summed E-state index contributed by atoms with van der Waals surface area (Å²) in [6.07, 6.45) is -4.03. The minimum Gasteiger partial charge on any atom is -0.465 e. The van der Waals surface area contributed by atoms with Crippen LogP contribution in [0.25, 0.3) is 5.69 Å². The predicted molar refractivity (Wildman–Crippen MR) is 99.5 cm³/mol. The average Bonchev–Trinajstić information content (AvgIpc) is 3.29. The molecule has 0 bridgehead atoms. The molecule has 3 rings (SSSR count). The highest BCUT2D eigenvalue weighted by molar-refractivity contribution is 6.30. The Balaban J connectivity index is 1.87. The van der Waals surface area contributed by atoms with Crippen molar-refractivity contribution in [3.05, 3.63) is 69.9 Å². The van der Waals surface area contributed by atoms with Gasteiger partial charge in [0.15, 0.2) is 5.69 Å². The maximum absolute atomic E-state index is 13.7. The fourth-order valence-corrected chi connectivity index (χ4v) is 2.98. The summed E-state index contributed by atoms with van der Waals surface area (Å²) in [5, 5.41) is 6.27. The number of hydrogen-bond acceptors (Lipinski definition) is 5. The quantitative estimate of drug-likeness (QED) is 0.601. The van der Waals surface area contributed by atoms with Crippen LogP contribution in [0.15, 0.2) is 40.9 Å². The lowest BCUT2D eigenvalue weighted by Crippen LogP contribution is -2.26. The number of nitrogens with zero attached hydrogens (tertiary/aromatic N) is 2. The number of amides is 1. The number of carbonyl (C=O) groups is 2. The zero-order valence-electron chi connectivity index (χ0n) is 15.7. The number of methoxy groups -OCH3 is 1. The van der Waals surface area contributed by atoms with Crippen molar-refractivity contribution in [1.82, 2.24) is 15.1 Å². The summed E-state index contributed by atoms with van der Waals surface area (Å²) < 4.78 is 51.6. The molecule has 3 aromatic rings. The van der Waals surface area contributed by atoms with Gasteiger partial charge in [-0.25, -0.2) is 9.48 Å². The van der Waals surface area contributed by atoms with Gasteiger partial charge >= 0.3 is 12.1 Å². The van der Waals surface area contributed by atoms with Gasteiger partial charge in [-0.3, -0.25) is 4.79 Å². The molecule has 0 spiro atoms. The topological polar surface area (TPSA) is 86.4 Å². The Hall–Kier alpha value is -3.27. The summed E-state index contributed by atoms with van der Waals surface area (Å²) in [7, 11) is 1.20. The summed E-state index contributed by atoms with van der Waals surface area (Å²) in [5.74, 6) is -1.20. The number of hydrogen-bond donors (Lipinski definition) is 1. The number of alkyl halides is 3. The van der Waals surface area contributed by atoms with E-state index in [0.717, 1.165) is 6.20 Å². The van der Waals surface area contributed by atoms with Gasteiger partial charge in [-0.15, -0.1) is 0 Å². The molecule has 1 N–H and O–H groups in total. The third-order valence-electron chi connectivity index (χ3n) is 4.13. The highest BCUT2D eigenvalue weighted by Gasteiger charge is 2.40. The van der Waals surface area contributed by atoms with Gasteiger partial charge in [0.2, 0.25) is 0 Å². The summed E-state index contributed by atoms with van der Waals surface area (Å²) in [6.45, 7) is 1.28. The fraction of sp³-hybridized carbons (Fsp3) is 0.211. The lowest BCUT2D eigenvalue weighted by Gasteiger charge is -2.13. The number of benzene rings is 1. The first-order valence-corrected chi connectivity index (χ1v) is 8.86. The van der Waals surface area contributed by atoms with Gasteiger partial charge in [0.25, 0.3) is 5.91 Å². The molecule has 158 valence electrons. The van der Waals surface area contributed by atoms with Crippen molar-refractivity contribution in [3.8, 4) is 5.69 Å². The number of ether oxygens (including phenoxy) is 1. The highest BCUT2D eigenvalue weighted by Crippen LogP contribution is 2.34. The van der Waals surface area contributed by atoms with Crippen molar-refractivity contribution in [3.63, 3.8) is 0 Å². The third-order valence-corrected chi connectivity index (χ3v) is 4.37. The molecule has 0 unspecified atom stereocenters. The largest absolute Gasteiger partial charge is 0.465 e. The molecule has 30 heavy (non-hydrogen) atoms. The predicted octanol–water partition coefficient (Wildman–Crippen LogP) is 4.16. The molecule has 7 nitrogen and oxygen atoms in total. The van der Waals surface area contributed by atoms with Crippen LogP contribution < -0.4 is 5.32 Å². The van der Waals surface area contributed by atoms with Gasteiger partial charge in [-0.1, -0.05) is 17.7 Å². The van der Waals surface area contributed by atoms with Crippen LogP contribution in [-0.2, 0) is 17.5 Å². The summed E-state index contributed by atoms with van der Waals surface area (Å²) >= 11 is 5.85. The van der Waals surface area contributed by atoms with Gasteiger partial charge < -0.3 is 14.5 Å². The maximum Gasteiger partial charge on any atom is 0.434 e. The van der Waals surface area contributed by atoms with Crippen molar-refractivity contribution in [1.29, 1.82) is 0 Å². The number of carbonyl (C=O) groups excluding carboxylic acids is 2. The number of aromatic nitrogens is 2. The van der Waals surface area contributed by atoms with E-state index in [9.17, 15) is 22.8 Å². The Morgan fingerprint density at radius 2 is 2.00 bits per heavy atom. The van der Waals surface area contributed by atoms with Gasteiger partial charge in [0, 0.05) is 5.02 Å². The zero-order chi connectivity index (χ0) is 22.1. The van der Waals surface area contributed by atoms with E-state index < -0.39 is 29.3 Å². The van der Waals surface area contributed by atoms with Gasteiger partial charge in [0.1, 0.15) is 17.1 Å². The van der Waals surface area contributed by atoms with Crippen LogP contribution in [0.1, 0.15) is 37.9 Å². The summed E-state index contributed by atoms with van der Waals surface area (Å²) in [4.78, 5) is 24.1. The first kappa shape index (κ1) is 21.4. The van der Waals surface area contributed by atoms with Crippen molar-refractivity contribution < 1.29 is 31.9 Å². The molecule has 0 radical (unpaired) electrons.